The van der Waals surface area contributed by atoms with Gasteiger partial charge in [0.1, 0.15) is 6.61 Å². The van der Waals surface area contributed by atoms with E-state index in [0.717, 1.165) is 15.6 Å². The Hall–Kier alpha value is -2.18. The van der Waals surface area contributed by atoms with E-state index in [1.54, 1.807) is 6.07 Å². The van der Waals surface area contributed by atoms with Crippen LogP contribution in [0.1, 0.15) is 27.9 Å². The maximum atomic E-state index is 12.6. The molecule has 142 valence electrons. The largest absolute Gasteiger partial charge is 0.445 e. The molecule has 3 rings (SSSR count). The maximum absolute atomic E-state index is 12.6. The van der Waals surface area contributed by atoms with Crippen LogP contribution in [-0.4, -0.2) is 41.1 Å². The standard InChI is InChI=1S/C21H22BrNO4/c1-14-17(8-5-9-18(14)22)19(24)10-16-11-23(12-20(16)25)21(26)27-13-15-6-3-2-4-7-15/h2-9,16,20,25H,10-13H2,1H3. The van der Waals surface area contributed by atoms with E-state index < -0.39 is 12.2 Å². The van der Waals surface area contributed by atoms with Crippen molar-refractivity contribution in [2.45, 2.75) is 26.1 Å². The number of likely N-dealkylation sites (tertiary alicyclic amines) is 1. The quantitative estimate of drug-likeness (QED) is 0.727. The van der Waals surface area contributed by atoms with E-state index in [1.165, 1.54) is 4.90 Å². The highest BCUT2D eigenvalue weighted by Crippen LogP contribution is 2.26. The molecule has 5 nitrogen and oxygen atoms in total. The van der Waals surface area contributed by atoms with Gasteiger partial charge in [0.15, 0.2) is 5.78 Å². The van der Waals surface area contributed by atoms with Crippen molar-refractivity contribution in [1.82, 2.24) is 4.90 Å². The third-order valence-corrected chi connectivity index (χ3v) is 5.74. The van der Waals surface area contributed by atoms with E-state index in [1.807, 2.05) is 49.4 Å². The van der Waals surface area contributed by atoms with E-state index in [4.69, 9.17) is 4.74 Å². The van der Waals surface area contributed by atoms with Gasteiger partial charge in [0.2, 0.25) is 0 Å². The normalized spacial score (nSPS) is 19.1. The predicted octanol–water partition coefficient (Wildman–Crippen LogP) is 3.96. The van der Waals surface area contributed by atoms with Crippen molar-refractivity contribution in [1.29, 1.82) is 0 Å². The first-order valence-electron chi connectivity index (χ1n) is 8.87. The van der Waals surface area contributed by atoms with Crippen LogP contribution in [-0.2, 0) is 11.3 Å². The first-order valence-corrected chi connectivity index (χ1v) is 9.67. The molecule has 2 aromatic rings. The number of ketones is 1. The number of rotatable bonds is 5. The third kappa shape index (κ3) is 4.76. The van der Waals surface area contributed by atoms with E-state index in [9.17, 15) is 14.7 Å². The van der Waals surface area contributed by atoms with Crippen LogP contribution in [0.5, 0.6) is 0 Å². The smallest absolute Gasteiger partial charge is 0.410 e. The molecule has 1 aliphatic rings. The lowest BCUT2D eigenvalue weighted by Gasteiger charge is -2.16. The van der Waals surface area contributed by atoms with E-state index >= 15 is 0 Å². The number of β-amino-alcohol motifs (C(OH)–C–C–N with tert-alkyl or cyclic N) is 1. The number of benzene rings is 2. The molecular weight excluding hydrogens is 410 g/mol. The summed E-state index contributed by atoms with van der Waals surface area (Å²) < 4.78 is 6.20. The molecule has 0 aromatic heterocycles. The molecule has 1 fully saturated rings. The van der Waals surface area contributed by atoms with E-state index in [0.29, 0.717) is 12.1 Å². The van der Waals surface area contributed by atoms with Crippen LogP contribution in [0.2, 0.25) is 0 Å². The number of aliphatic hydroxyl groups excluding tert-OH is 1. The summed E-state index contributed by atoms with van der Waals surface area (Å²) in [6, 6.07) is 14.9. The summed E-state index contributed by atoms with van der Waals surface area (Å²) in [4.78, 5) is 26.4. The van der Waals surface area contributed by atoms with E-state index in [2.05, 4.69) is 15.9 Å². The molecule has 6 heteroatoms. The summed E-state index contributed by atoms with van der Waals surface area (Å²) in [6.45, 7) is 2.57. The fourth-order valence-electron chi connectivity index (χ4n) is 3.27. The van der Waals surface area contributed by atoms with Gasteiger partial charge >= 0.3 is 6.09 Å². The molecule has 2 unspecified atom stereocenters. The molecule has 1 aliphatic heterocycles. The average molecular weight is 432 g/mol. The van der Waals surface area contributed by atoms with Gasteiger partial charge in [-0.05, 0) is 24.1 Å². The van der Waals surface area contributed by atoms with Gasteiger partial charge in [-0.2, -0.15) is 0 Å². The fourth-order valence-corrected chi connectivity index (χ4v) is 3.64. The van der Waals surface area contributed by atoms with Crippen molar-refractivity contribution < 1.29 is 19.4 Å². The van der Waals surface area contributed by atoms with Crippen LogP contribution in [0.4, 0.5) is 4.79 Å². The van der Waals surface area contributed by atoms with Crippen molar-refractivity contribution in [3.8, 4) is 0 Å². The van der Waals surface area contributed by atoms with Gasteiger partial charge < -0.3 is 14.7 Å². The Morgan fingerprint density at radius 3 is 2.63 bits per heavy atom. The lowest BCUT2D eigenvalue weighted by atomic mass is 9.94. The van der Waals surface area contributed by atoms with Crippen LogP contribution in [0.25, 0.3) is 0 Å². The Morgan fingerprint density at radius 2 is 1.89 bits per heavy atom. The highest BCUT2D eigenvalue weighted by Gasteiger charge is 2.36. The van der Waals surface area contributed by atoms with Crippen LogP contribution < -0.4 is 0 Å². The lowest BCUT2D eigenvalue weighted by Crippen LogP contribution is -2.30. The molecule has 0 saturated carbocycles. The van der Waals surface area contributed by atoms with Gasteiger partial charge in [0.25, 0.3) is 0 Å². The maximum Gasteiger partial charge on any atom is 0.410 e. The Labute approximate surface area is 167 Å². The number of Topliss-reactive ketones (excluding diaryl/α,β-unsaturated/α-hetero) is 1. The Bertz CT molecular complexity index is 824. The second-order valence-electron chi connectivity index (χ2n) is 6.81. The molecule has 0 radical (unpaired) electrons. The Kier molecular flexibility index (Phi) is 6.29. The fraction of sp³-hybridized carbons (Fsp3) is 0.333. The van der Waals surface area contributed by atoms with Crippen molar-refractivity contribution >= 4 is 27.8 Å². The Balaban J connectivity index is 1.56. The summed E-state index contributed by atoms with van der Waals surface area (Å²) in [7, 11) is 0. The van der Waals surface area contributed by atoms with Gasteiger partial charge in [-0.15, -0.1) is 0 Å². The van der Waals surface area contributed by atoms with Crippen LogP contribution in [0, 0.1) is 12.8 Å². The third-order valence-electron chi connectivity index (χ3n) is 4.89. The summed E-state index contributed by atoms with van der Waals surface area (Å²) in [5.41, 5.74) is 2.43. The lowest BCUT2D eigenvalue weighted by molar-refractivity contribution is 0.0891. The zero-order chi connectivity index (χ0) is 19.4. The van der Waals surface area contributed by atoms with Gasteiger partial charge in [0, 0.05) is 28.9 Å². The summed E-state index contributed by atoms with van der Waals surface area (Å²) in [6.07, 6.45) is -1.00. The summed E-state index contributed by atoms with van der Waals surface area (Å²) in [5, 5.41) is 10.3. The number of halogens is 1. The molecule has 1 heterocycles. The molecule has 2 atom stereocenters. The van der Waals surface area contributed by atoms with E-state index in [-0.39, 0.29) is 31.3 Å². The molecule has 0 aliphatic carbocycles. The van der Waals surface area contributed by atoms with Crippen LogP contribution in [0.3, 0.4) is 0 Å². The zero-order valence-corrected chi connectivity index (χ0v) is 16.7. The van der Waals surface area contributed by atoms with Gasteiger partial charge in [0.05, 0.1) is 12.6 Å². The van der Waals surface area contributed by atoms with Crippen LogP contribution in [0.15, 0.2) is 53.0 Å². The first-order chi connectivity index (χ1) is 13.0. The average Bonchev–Trinajstić information content (AvgIpc) is 3.03. The number of ether oxygens (including phenoxy) is 1. The van der Waals surface area contributed by atoms with Crippen molar-refractivity contribution in [2.24, 2.45) is 5.92 Å². The highest BCUT2D eigenvalue weighted by atomic mass is 79.9. The molecule has 0 spiro atoms. The number of carbonyl (C=O) groups excluding carboxylic acids is 2. The molecule has 2 aromatic carbocycles. The monoisotopic (exact) mass is 431 g/mol. The molecular formula is C21H22BrNO4. The second kappa shape index (κ2) is 8.67. The summed E-state index contributed by atoms with van der Waals surface area (Å²) in [5.74, 6) is -0.322. The second-order valence-corrected chi connectivity index (χ2v) is 7.67. The molecule has 0 bridgehead atoms. The van der Waals surface area contributed by atoms with Crippen LogP contribution >= 0.6 is 15.9 Å². The Morgan fingerprint density at radius 1 is 1.15 bits per heavy atom. The van der Waals surface area contributed by atoms with Crippen molar-refractivity contribution in [3.63, 3.8) is 0 Å². The SMILES string of the molecule is Cc1c(Br)cccc1C(=O)CC1CN(C(=O)OCc2ccccc2)CC1O. The number of hydrogen-bond donors (Lipinski definition) is 1. The van der Waals surface area contributed by atoms with Crippen molar-refractivity contribution in [3.05, 3.63) is 69.7 Å². The molecule has 1 amide bonds. The topological polar surface area (TPSA) is 66.8 Å². The molecule has 1 saturated heterocycles. The number of nitrogens with zero attached hydrogens (tertiary/aromatic N) is 1. The molecule has 27 heavy (non-hydrogen) atoms. The highest BCUT2D eigenvalue weighted by molar-refractivity contribution is 9.10. The number of carbonyl (C=O) groups is 2. The minimum Gasteiger partial charge on any atom is -0.445 e. The van der Waals surface area contributed by atoms with Crippen molar-refractivity contribution in [2.75, 3.05) is 13.1 Å². The zero-order valence-electron chi connectivity index (χ0n) is 15.1. The van der Waals surface area contributed by atoms with Gasteiger partial charge in [-0.3, -0.25) is 4.79 Å². The first kappa shape index (κ1) is 19.6. The number of hydrogen-bond acceptors (Lipinski definition) is 4. The molecule has 1 N–H and O–H groups in total. The number of aliphatic hydroxyl groups is 1. The minimum atomic E-state index is -0.731. The predicted molar refractivity (Wildman–Crippen MR) is 106 cm³/mol. The minimum absolute atomic E-state index is 0.0302. The summed E-state index contributed by atoms with van der Waals surface area (Å²) >= 11 is 3.43. The van der Waals surface area contributed by atoms with Gasteiger partial charge in [-0.1, -0.05) is 58.4 Å². The van der Waals surface area contributed by atoms with Gasteiger partial charge in [-0.25, -0.2) is 4.79 Å². The number of amides is 1.